The van der Waals surface area contributed by atoms with E-state index in [4.69, 9.17) is 9.72 Å². The summed E-state index contributed by atoms with van der Waals surface area (Å²) in [6.45, 7) is 1.68. The molecule has 35 heavy (non-hydrogen) atoms. The van der Waals surface area contributed by atoms with Crippen LogP contribution in [0.5, 0.6) is 5.75 Å². The molecule has 0 fully saturated rings. The molecule has 1 N–H and O–H groups in total. The Bertz CT molecular complexity index is 1340. The molecular formula is C28H25FN4O2. The van der Waals surface area contributed by atoms with Gasteiger partial charge in [0, 0.05) is 31.4 Å². The zero-order chi connectivity index (χ0) is 24.2. The van der Waals surface area contributed by atoms with Crippen LogP contribution < -0.4 is 15.0 Å². The van der Waals surface area contributed by atoms with Crippen molar-refractivity contribution in [2.75, 3.05) is 18.6 Å². The van der Waals surface area contributed by atoms with Gasteiger partial charge < -0.3 is 15.0 Å². The third-order valence-electron chi connectivity index (χ3n) is 6.16. The molecule has 0 saturated heterocycles. The number of ether oxygens (including phenoxy) is 1. The number of nitrogens with one attached hydrogen (secondary N) is 1. The smallest absolute Gasteiger partial charge is 0.256 e. The maximum Gasteiger partial charge on any atom is 0.256 e. The fourth-order valence-corrected chi connectivity index (χ4v) is 4.21. The van der Waals surface area contributed by atoms with Crippen molar-refractivity contribution in [3.63, 3.8) is 0 Å². The van der Waals surface area contributed by atoms with Crippen LogP contribution in [0.15, 0.2) is 79.0 Å². The fraction of sp³-hybridized carbons (Fsp3) is 0.179. The second-order valence-electron chi connectivity index (χ2n) is 8.41. The Balaban J connectivity index is 1.46. The first-order valence-corrected chi connectivity index (χ1v) is 11.5. The number of carbonyl (C=O) groups excluding carboxylic acids is 1. The average Bonchev–Trinajstić information content (AvgIpc) is 2.92. The number of amides is 1. The molecule has 0 spiro atoms. The minimum atomic E-state index is -0.310. The summed E-state index contributed by atoms with van der Waals surface area (Å²) >= 11 is 0. The number of methoxy groups -OCH3 is 1. The van der Waals surface area contributed by atoms with E-state index in [2.05, 4.69) is 33.4 Å². The molecule has 1 aromatic heterocycles. The molecule has 4 aromatic rings. The van der Waals surface area contributed by atoms with Crippen LogP contribution in [0.1, 0.15) is 27.0 Å². The molecule has 1 amide bonds. The highest BCUT2D eigenvalue weighted by Gasteiger charge is 2.24. The summed E-state index contributed by atoms with van der Waals surface area (Å²) in [5.41, 5.74) is 4.59. The van der Waals surface area contributed by atoms with Crippen molar-refractivity contribution < 1.29 is 13.9 Å². The van der Waals surface area contributed by atoms with Crippen molar-refractivity contribution in [3.8, 4) is 17.1 Å². The summed E-state index contributed by atoms with van der Waals surface area (Å²) in [7, 11) is 1.62. The van der Waals surface area contributed by atoms with Crippen molar-refractivity contribution in [1.82, 2.24) is 15.3 Å². The van der Waals surface area contributed by atoms with Crippen LogP contribution in [0.25, 0.3) is 11.4 Å². The van der Waals surface area contributed by atoms with Gasteiger partial charge >= 0.3 is 0 Å². The Morgan fingerprint density at radius 3 is 2.51 bits per heavy atom. The molecule has 176 valence electrons. The first kappa shape index (κ1) is 22.5. The standard InChI is InChI=1S/C28H25FN4O2/c1-35-24-12-8-21(9-13-24)26-30-17-25(28(34)31-16-19-6-10-23(29)11-7-19)27(32-26)33-15-14-20-4-2-3-5-22(20)18-33/h2-13,17H,14-16,18H2,1H3,(H,31,34). The van der Waals surface area contributed by atoms with Crippen LogP contribution in [-0.4, -0.2) is 29.5 Å². The van der Waals surface area contributed by atoms with E-state index in [-0.39, 0.29) is 18.3 Å². The Morgan fingerprint density at radius 1 is 1.03 bits per heavy atom. The molecule has 7 heteroatoms. The van der Waals surface area contributed by atoms with E-state index in [1.54, 1.807) is 25.4 Å². The number of carbonyl (C=O) groups is 1. The van der Waals surface area contributed by atoms with Crippen LogP contribution in [0, 0.1) is 5.82 Å². The van der Waals surface area contributed by atoms with Crippen molar-refractivity contribution in [2.45, 2.75) is 19.5 Å². The quantitative estimate of drug-likeness (QED) is 0.441. The third kappa shape index (κ3) is 4.99. The van der Waals surface area contributed by atoms with Crippen molar-refractivity contribution in [1.29, 1.82) is 0 Å². The SMILES string of the molecule is COc1ccc(-c2ncc(C(=O)NCc3ccc(F)cc3)c(N3CCc4ccccc4C3)n2)cc1. The van der Waals surface area contributed by atoms with Crippen LogP contribution >= 0.6 is 0 Å². The van der Waals surface area contributed by atoms with Crippen LogP contribution in [0.4, 0.5) is 10.2 Å². The van der Waals surface area contributed by atoms with Gasteiger partial charge in [-0.1, -0.05) is 36.4 Å². The highest BCUT2D eigenvalue weighted by Crippen LogP contribution is 2.28. The Kier molecular flexibility index (Phi) is 6.39. The lowest BCUT2D eigenvalue weighted by Gasteiger charge is -2.31. The van der Waals surface area contributed by atoms with Crippen molar-refractivity contribution in [3.05, 3.63) is 107 Å². The number of hydrogen-bond donors (Lipinski definition) is 1. The predicted molar refractivity (Wildman–Crippen MR) is 133 cm³/mol. The topological polar surface area (TPSA) is 67.3 Å². The molecule has 5 rings (SSSR count). The van der Waals surface area contributed by atoms with E-state index >= 15 is 0 Å². The lowest BCUT2D eigenvalue weighted by Crippen LogP contribution is -2.34. The second kappa shape index (κ2) is 9.93. The zero-order valence-corrected chi connectivity index (χ0v) is 19.4. The Labute approximate surface area is 203 Å². The summed E-state index contributed by atoms with van der Waals surface area (Å²) in [4.78, 5) is 24.7. The van der Waals surface area contributed by atoms with Gasteiger partial charge in [0.1, 0.15) is 22.9 Å². The lowest BCUT2D eigenvalue weighted by atomic mass is 9.99. The summed E-state index contributed by atoms with van der Waals surface area (Å²) in [5, 5.41) is 2.92. The maximum absolute atomic E-state index is 13.2. The van der Waals surface area contributed by atoms with Crippen molar-refractivity contribution in [2.24, 2.45) is 0 Å². The summed E-state index contributed by atoms with van der Waals surface area (Å²) in [6, 6.07) is 21.9. The van der Waals surface area contributed by atoms with E-state index in [1.165, 1.54) is 23.3 Å². The van der Waals surface area contributed by atoms with Crippen LogP contribution in [-0.2, 0) is 19.5 Å². The number of halogens is 1. The Hall–Kier alpha value is -4.26. The minimum absolute atomic E-state index is 0.274. The molecule has 0 radical (unpaired) electrons. The van der Waals surface area contributed by atoms with Crippen LogP contribution in [0.2, 0.25) is 0 Å². The van der Waals surface area contributed by atoms with Gasteiger partial charge in [-0.15, -0.1) is 0 Å². The highest BCUT2D eigenvalue weighted by molar-refractivity contribution is 5.99. The average molecular weight is 469 g/mol. The number of fused-ring (bicyclic) bond motifs is 1. The zero-order valence-electron chi connectivity index (χ0n) is 19.4. The second-order valence-corrected chi connectivity index (χ2v) is 8.41. The van der Waals surface area contributed by atoms with E-state index in [9.17, 15) is 9.18 Å². The summed E-state index contributed by atoms with van der Waals surface area (Å²) in [5.74, 6) is 1.30. The van der Waals surface area contributed by atoms with E-state index in [0.29, 0.717) is 23.8 Å². The van der Waals surface area contributed by atoms with E-state index in [1.807, 2.05) is 30.3 Å². The highest BCUT2D eigenvalue weighted by atomic mass is 19.1. The first-order valence-electron chi connectivity index (χ1n) is 11.5. The third-order valence-corrected chi connectivity index (χ3v) is 6.16. The van der Waals surface area contributed by atoms with Gasteiger partial charge in [-0.25, -0.2) is 14.4 Å². The van der Waals surface area contributed by atoms with Gasteiger partial charge in [-0.05, 0) is 59.5 Å². The van der Waals surface area contributed by atoms with E-state index < -0.39 is 0 Å². The maximum atomic E-state index is 13.2. The van der Waals surface area contributed by atoms with Crippen LogP contribution in [0.3, 0.4) is 0 Å². The molecule has 0 unspecified atom stereocenters. The minimum Gasteiger partial charge on any atom is -0.497 e. The van der Waals surface area contributed by atoms with Gasteiger partial charge in [0.25, 0.3) is 5.91 Å². The number of benzene rings is 3. The predicted octanol–water partition coefficient (Wildman–Crippen LogP) is 4.78. The normalized spacial score (nSPS) is 12.7. The lowest BCUT2D eigenvalue weighted by molar-refractivity contribution is 0.0950. The van der Waals surface area contributed by atoms with Gasteiger partial charge in [0.15, 0.2) is 5.82 Å². The van der Waals surface area contributed by atoms with Crippen molar-refractivity contribution >= 4 is 11.7 Å². The number of anilines is 1. The summed E-state index contributed by atoms with van der Waals surface area (Å²) < 4.78 is 18.5. The molecule has 0 bridgehead atoms. The molecule has 6 nitrogen and oxygen atoms in total. The molecule has 1 aliphatic rings. The van der Waals surface area contributed by atoms with Gasteiger partial charge in [0.2, 0.25) is 0 Å². The fourth-order valence-electron chi connectivity index (χ4n) is 4.21. The molecule has 0 atom stereocenters. The van der Waals surface area contributed by atoms with Gasteiger partial charge in [0.05, 0.1) is 7.11 Å². The monoisotopic (exact) mass is 468 g/mol. The number of nitrogens with zero attached hydrogens (tertiary/aromatic N) is 3. The number of rotatable bonds is 6. The molecule has 2 heterocycles. The molecule has 1 aliphatic heterocycles. The summed E-state index contributed by atoms with van der Waals surface area (Å²) in [6.07, 6.45) is 2.46. The molecule has 0 saturated carbocycles. The number of hydrogen-bond acceptors (Lipinski definition) is 5. The van der Waals surface area contributed by atoms with E-state index in [0.717, 1.165) is 29.8 Å². The Morgan fingerprint density at radius 2 is 1.77 bits per heavy atom. The number of aromatic nitrogens is 2. The molecule has 0 aliphatic carbocycles. The molecule has 3 aromatic carbocycles. The molecular weight excluding hydrogens is 443 g/mol. The first-order chi connectivity index (χ1) is 17.1. The van der Waals surface area contributed by atoms with Gasteiger partial charge in [-0.2, -0.15) is 0 Å². The van der Waals surface area contributed by atoms with Gasteiger partial charge in [-0.3, -0.25) is 4.79 Å². The largest absolute Gasteiger partial charge is 0.497 e.